The van der Waals surface area contributed by atoms with Crippen LogP contribution in [0, 0.1) is 12.7 Å². The predicted molar refractivity (Wildman–Crippen MR) is 110 cm³/mol. The quantitative estimate of drug-likeness (QED) is 0.531. The molecule has 0 spiro atoms. The number of carbonyl (C=O) groups excluding carboxylic acids is 1. The number of carbonyl (C=O) groups is 1. The molecule has 0 saturated carbocycles. The highest BCUT2D eigenvalue weighted by Gasteiger charge is 2.34. The second-order valence-electron chi connectivity index (χ2n) is 7.31. The topological polar surface area (TPSA) is 86.2 Å². The Hall–Kier alpha value is -3.12. The smallest absolute Gasteiger partial charge is 0.451 e. The molecule has 1 unspecified atom stereocenters. The van der Waals surface area contributed by atoms with Crippen LogP contribution in [0.3, 0.4) is 0 Å². The molecule has 1 aromatic carbocycles. The van der Waals surface area contributed by atoms with Crippen molar-refractivity contribution in [2.24, 2.45) is 0 Å². The van der Waals surface area contributed by atoms with Gasteiger partial charge in [-0.05, 0) is 19.1 Å². The van der Waals surface area contributed by atoms with Crippen molar-refractivity contribution in [2.75, 3.05) is 13.2 Å². The normalized spacial score (nSPS) is 16.1. The molecule has 1 atom stereocenters. The van der Waals surface area contributed by atoms with E-state index >= 15 is 4.39 Å². The van der Waals surface area contributed by atoms with Gasteiger partial charge in [0, 0.05) is 42.0 Å². The minimum atomic E-state index is -4.67. The summed E-state index contributed by atoms with van der Waals surface area (Å²) in [6, 6.07) is 2.78. The second kappa shape index (κ2) is 9.40. The maximum Gasteiger partial charge on any atom is 0.451 e. The van der Waals surface area contributed by atoms with Gasteiger partial charge in [-0.1, -0.05) is 0 Å². The number of benzene rings is 1. The number of halogens is 4. The van der Waals surface area contributed by atoms with E-state index in [1.807, 2.05) is 6.92 Å². The fourth-order valence-electron chi connectivity index (χ4n) is 3.13. The summed E-state index contributed by atoms with van der Waals surface area (Å²) in [5, 5.41) is 2.87. The van der Waals surface area contributed by atoms with Gasteiger partial charge in [0.2, 0.25) is 5.82 Å². The summed E-state index contributed by atoms with van der Waals surface area (Å²) in [5.74, 6) is -2.54. The molecule has 1 amide bonds. The standard InChI is InChI=1S/C21H18F4N4O3S/c1-11-6-27-19(33-11)16-5-14(32-13-2-3-31-10-13)4-15(17(16)22)18(30)26-7-12-8-28-20(29-9-12)21(23,24)25/h4-6,8-9,13H,2-3,7,10H2,1H3,(H,26,30). The van der Waals surface area contributed by atoms with Crippen molar-refractivity contribution in [3.63, 3.8) is 0 Å². The highest BCUT2D eigenvalue weighted by molar-refractivity contribution is 7.14. The number of alkyl halides is 3. The molecule has 33 heavy (non-hydrogen) atoms. The van der Waals surface area contributed by atoms with Crippen LogP contribution in [0.4, 0.5) is 17.6 Å². The number of thiazole rings is 1. The lowest BCUT2D eigenvalue weighted by molar-refractivity contribution is -0.145. The number of amides is 1. The van der Waals surface area contributed by atoms with Gasteiger partial charge < -0.3 is 14.8 Å². The minimum absolute atomic E-state index is 0.118. The van der Waals surface area contributed by atoms with Crippen molar-refractivity contribution in [3.05, 3.63) is 58.4 Å². The minimum Gasteiger partial charge on any atom is -0.488 e. The number of rotatable bonds is 6. The summed E-state index contributed by atoms with van der Waals surface area (Å²) in [6.45, 7) is 2.57. The Bertz CT molecular complexity index is 1150. The van der Waals surface area contributed by atoms with Crippen molar-refractivity contribution < 1.29 is 31.8 Å². The number of ether oxygens (including phenoxy) is 2. The van der Waals surface area contributed by atoms with Gasteiger partial charge in [-0.15, -0.1) is 11.3 Å². The molecule has 3 aromatic rings. The molecule has 1 N–H and O–H groups in total. The highest BCUT2D eigenvalue weighted by Crippen LogP contribution is 2.33. The molecule has 1 aliphatic rings. The Morgan fingerprint density at radius 2 is 2.00 bits per heavy atom. The van der Waals surface area contributed by atoms with Crippen LogP contribution in [0.1, 0.15) is 33.0 Å². The number of nitrogens with zero attached hydrogens (tertiary/aromatic N) is 3. The molecular weight excluding hydrogens is 464 g/mol. The average Bonchev–Trinajstić information content (AvgIpc) is 3.44. The predicted octanol–water partition coefficient (Wildman–Crippen LogP) is 4.16. The van der Waals surface area contributed by atoms with E-state index in [0.29, 0.717) is 24.6 Å². The molecule has 1 saturated heterocycles. The Morgan fingerprint density at radius 1 is 1.24 bits per heavy atom. The summed E-state index contributed by atoms with van der Waals surface area (Å²) in [7, 11) is 0. The van der Waals surface area contributed by atoms with E-state index < -0.39 is 23.7 Å². The van der Waals surface area contributed by atoms with E-state index in [0.717, 1.165) is 17.3 Å². The van der Waals surface area contributed by atoms with Gasteiger partial charge in [0.15, 0.2) is 0 Å². The van der Waals surface area contributed by atoms with Crippen LogP contribution in [-0.2, 0) is 17.5 Å². The van der Waals surface area contributed by atoms with Gasteiger partial charge in [-0.25, -0.2) is 19.3 Å². The largest absolute Gasteiger partial charge is 0.488 e. The summed E-state index contributed by atoms with van der Waals surface area (Å²) in [6.07, 6.45) is -0.714. The van der Waals surface area contributed by atoms with Crippen molar-refractivity contribution in [1.29, 1.82) is 0 Å². The zero-order chi connectivity index (χ0) is 23.6. The molecule has 174 valence electrons. The molecule has 3 heterocycles. The summed E-state index contributed by atoms with van der Waals surface area (Å²) >= 11 is 1.27. The van der Waals surface area contributed by atoms with Gasteiger partial charge in [-0.3, -0.25) is 4.79 Å². The highest BCUT2D eigenvalue weighted by atomic mass is 32.1. The molecule has 12 heteroatoms. The summed E-state index contributed by atoms with van der Waals surface area (Å²) < 4.78 is 64.3. The fourth-order valence-corrected chi connectivity index (χ4v) is 3.91. The zero-order valence-electron chi connectivity index (χ0n) is 17.3. The lowest BCUT2D eigenvalue weighted by atomic mass is 10.1. The van der Waals surface area contributed by atoms with Gasteiger partial charge in [0.25, 0.3) is 5.91 Å². The molecular formula is C21H18F4N4O3S. The van der Waals surface area contributed by atoms with E-state index in [1.54, 1.807) is 6.20 Å². The Kier molecular flexibility index (Phi) is 6.56. The molecule has 0 aliphatic carbocycles. The lowest BCUT2D eigenvalue weighted by Crippen LogP contribution is -2.25. The van der Waals surface area contributed by atoms with Crippen LogP contribution in [0.25, 0.3) is 10.6 Å². The first-order chi connectivity index (χ1) is 15.7. The monoisotopic (exact) mass is 482 g/mol. The number of hydrogen-bond donors (Lipinski definition) is 1. The number of hydrogen-bond acceptors (Lipinski definition) is 7. The van der Waals surface area contributed by atoms with Crippen LogP contribution in [0.2, 0.25) is 0 Å². The van der Waals surface area contributed by atoms with E-state index in [9.17, 15) is 18.0 Å². The summed E-state index contributed by atoms with van der Waals surface area (Å²) in [4.78, 5) is 24.3. The van der Waals surface area contributed by atoms with Crippen LogP contribution < -0.4 is 10.1 Å². The van der Waals surface area contributed by atoms with Crippen molar-refractivity contribution >= 4 is 17.2 Å². The lowest BCUT2D eigenvalue weighted by Gasteiger charge is -2.15. The third-order valence-electron chi connectivity index (χ3n) is 4.75. The van der Waals surface area contributed by atoms with Gasteiger partial charge in [-0.2, -0.15) is 13.2 Å². The number of nitrogens with one attached hydrogen (secondary N) is 1. The first-order valence-corrected chi connectivity index (χ1v) is 10.7. The molecule has 1 fully saturated rings. The van der Waals surface area contributed by atoms with E-state index in [1.165, 1.54) is 23.5 Å². The fraction of sp³-hybridized carbons (Fsp3) is 0.333. The van der Waals surface area contributed by atoms with Crippen molar-refractivity contribution in [3.8, 4) is 16.3 Å². The molecule has 4 rings (SSSR count). The molecule has 7 nitrogen and oxygen atoms in total. The molecule has 1 aliphatic heterocycles. The van der Waals surface area contributed by atoms with Crippen LogP contribution in [0.5, 0.6) is 5.75 Å². The SMILES string of the molecule is Cc1cnc(-c2cc(OC3CCOC3)cc(C(=O)NCc3cnc(C(F)(F)F)nc3)c2F)s1. The van der Waals surface area contributed by atoms with E-state index in [4.69, 9.17) is 9.47 Å². The Morgan fingerprint density at radius 3 is 2.61 bits per heavy atom. The Balaban J connectivity index is 1.57. The molecule has 2 aromatic heterocycles. The second-order valence-corrected chi connectivity index (χ2v) is 8.54. The van der Waals surface area contributed by atoms with Crippen molar-refractivity contribution in [2.45, 2.75) is 32.2 Å². The van der Waals surface area contributed by atoms with E-state index in [-0.39, 0.29) is 35.1 Å². The zero-order valence-corrected chi connectivity index (χ0v) is 18.1. The Labute approximate surface area is 189 Å². The molecule has 0 radical (unpaired) electrons. The van der Waals surface area contributed by atoms with Crippen LogP contribution in [-0.4, -0.2) is 40.2 Å². The van der Waals surface area contributed by atoms with Gasteiger partial charge in [0.05, 0.1) is 24.3 Å². The first-order valence-electron chi connectivity index (χ1n) is 9.88. The summed E-state index contributed by atoms with van der Waals surface area (Å²) in [5.41, 5.74) is 0.0673. The third kappa shape index (κ3) is 5.45. The maximum atomic E-state index is 15.3. The van der Waals surface area contributed by atoms with Gasteiger partial charge >= 0.3 is 6.18 Å². The number of aromatic nitrogens is 3. The van der Waals surface area contributed by atoms with Crippen LogP contribution >= 0.6 is 11.3 Å². The molecule has 0 bridgehead atoms. The third-order valence-corrected chi connectivity index (χ3v) is 5.69. The average molecular weight is 482 g/mol. The van der Waals surface area contributed by atoms with Crippen molar-refractivity contribution in [1.82, 2.24) is 20.3 Å². The van der Waals surface area contributed by atoms with Crippen LogP contribution in [0.15, 0.2) is 30.7 Å². The maximum absolute atomic E-state index is 15.3. The first kappa shape index (κ1) is 23.1. The van der Waals surface area contributed by atoms with Gasteiger partial charge in [0.1, 0.15) is 22.7 Å². The van der Waals surface area contributed by atoms with E-state index in [2.05, 4.69) is 20.3 Å². The number of aryl methyl sites for hydroxylation is 1.